The summed E-state index contributed by atoms with van der Waals surface area (Å²) in [5, 5.41) is 4.71. The molecule has 0 fully saturated rings. The molecular weight excluding hydrogens is 612 g/mol. The van der Waals surface area contributed by atoms with Gasteiger partial charge in [0.2, 0.25) is 0 Å². The fourth-order valence-electron chi connectivity index (χ4n) is 6.89. The molecule has 0 radical (unpaired) electrons. The zero-order valence-corrected chi connectivity index (χ0v) is 26.9. The molecule has 7 rings (SSSR count). The highest BCUT2D eigenvalue weighted by molar-refractivity contribution is 6.06. The quantitative estimate of drug-likeness (QED) is 0.0753. The largest absolute Gasteiger partial charge is 0.490 e. The maximum Gasteiger partial charge on any atom is 0.330 e. The third kappa shape index (κ3) is 5.82. The topological polar surface area (TPSA) is 71.1 Å². The number of rotatable bonds is 12. The van der Waals surface area contributed by atoms with Gasteiger partial charge >= 0.3 is 11.9 Å². The van der Waals surface area contributed by atoms with Crippen LogP contribution in [-0.4, -0.2) is 38.4 Å². The van der Waals surface area contributed by atoms with E-state index in [-0.39, 0.29) is 26.4 Å². The highest BCUT2D eigenvalue weighted by Crippen LogP contribution is 2.58. The van der Waals surface area contributed by atoms with Gasteiger partial charge in [0.25, 0.3) is 0 Å². The summed E-state index contributed by atoms with van der Waals surface area (Å²) in [6, 6.07) is 42.5. The zero-order chi connectivity index (χ0) is 33.8. The summed E-state index contributed by atoms with van der Waals surface area (Å²) >= 11 is 0. The van der Waals surface area contributed by atoms with Crippen molar-refractivity contribution in [1.82, 2.24) is 0 Å². The molecule has 0 amide bonds. The Bertz CT molecular complexity index is 2130. The Morgan fingerprint density at radius 3 is 1.61 bits per heavy atom. The van der Waals surface area contributed by atoms with Gasteiger partial charge in [-0.1, -0.05) is 98.1 Å². The van der Waals surface area contributed by atoms with Crippen molar-refractivity contribution in [2.24, 2.45) is 0 Å². The highest BCUT2D eigenvalue weighted by Gasteiger charge is 2.47. The van der Waals surface area contributed by atoms with Gasteiger partial charge in [0, 0.05) is 12.2 Å². The molecular formula is C43H34O6. The van der Waals surface area contributed by atoms with Gasteiger partial charge in [-0.25, -0.2) is 9.59 Å². The fraction of sp³-hybridized carbons (Fsp3) is 0.116. The van der Waals surface area contributed by atoms with Crippen LogP contribution in [0.5, 0.6) is 11.5 Å². The molecule has 6 nitrogen and oxygen atoms in total. The van der Waals surface area contributed by atoms with Gasteiger partial charge in [0.1, 0.15) is 37.9 Å². The van der Waals surface area contributed by atoms with Crippen LogP contribution in [0.4, 0.5) is 0 Å². The first-order valence-electron chi connectivity index (χ1n) is 16.1. The highest BCUT2D eigenvalue weighted by atomic mass is 16.6. The molecule has 0 saturated heterocycles. The maximum absolute atomic E-state index is 11.4. The molecule has 0 aliphatic heterocycles. The van der Waals surface area contributed by atoms with Crippen molar-refractivity contribution >= 4 is 33.5 Å². The maximum atomic E-state index is 11.4. The van der Waals surface area contributed by atoms with Crippen LogP contribution in [0.3, 0.4) is 0 Å². The first-order chi connectivity index (χ1) is 24.0. The average molecular weight is 647 g/mol. The van der Waals surface area contributed by atoms with Crippen LogP contribution in [0.25, 0.3) is 32.7 Å². The van der Waals surface area contributed by atoms with E-state index >= 15 is 0 Å². The first kappa shape index (κ1) is 31.5. The molecule has 1 aliphatic carbocycles. The van der Waals surface area contributed by atoms with E-state index in [0.29, 0.717) is 11.5 Å². The minimum Gasteiger partial charge on any atom is -0.490 e. The lowest BCUT2D eigenvalue weighted by molar-refractivity contribution is -0.139. The van der Waals surface area contributed by atoms with Crippen molar-refractivity contribution in [2.45, 2.75) is 5.41 Å². The standard InChI is InChI=1S/C43H34O6/c1-3-40(44)48-25-23-46-34-18-14-32(15-19-34)43(33-16-20-35(21-17-33)47-24-26-49-41(45)4-2)38-22-13-29-9-7-8-12-36(29)42(38)37-27-30-10-5-6-11-31(30)28-39(37)43/h3-22,27-28H,1-2,23-26H2. The van der Waals surface area contributed by atoms with E-state index in [1.807, 2.05) is 24.3 Å². The summed E-state index contributed by atoms with van der Waals surface area (Å²) < 4.78 is 22.0. The minimum atomic E-state index is -0.672. The molecule has 0 atom stereocenters. The molecule has 6 aromatic carbocycles. The predicted octanol–water partition coefficient (Wildman–Crippen LogP) is 8.57. The number of ether oxygens (including phenoxy) is 4. The molecule has 0 heterocycles. The average Bonchev–Trinajstić information content (AvgIpc) is 3.44. The number of benzene rings is 6. The van der Waals surface area contributed by atoms with E-state index in [1.165, 1.54) is 38.4 Å². The number of carbonyl (C=O) groups excluding carboxylic acids is 2. The predicted molar refractivity (Wildman–Crippen MR) is 192 cm³/mol. The Morgan fingerprint density at radius 2 is 1.06 bits per heavy atom. The lowest BCUT2D eigenvalue weighted by atomic mass is 9.67. The minimum absolute atomic E-state index is 0.128. The number of fused-ring (bicyclic) bond motifs is 6. The molecule has 6 aromatic rings. The van der Waals surface area contributed by atoms with E-state index in [9.17, 15) is 9.59 Å². The second-order valence-electron chi connectivity index (χ2n) is 11.7. The Hall–Kier alpha value is -6.14. The van der Waals surface area contributed by atoms with Crippen molar-refractivity contribution in [1.29, 1.82) is 0 Å². The smallest absolute Gasteiger partial charge is 0.330 e. The number of carbonyl (C=O) groups is 2. The van der Waals surface area contributed by atoms with Crippen LogP contribution in [0.2, 0.25) is 0 Å². The summed E-state index contributed by atoms with van der Waals surface area (Å²) in [5.74, 6) is 0.383. The number of hydrogen-bond acceptors (Lipinski definition) is 6. The van der Waals surface area contributed by atoms with Gasteiger partial charge in [-0.15, -0.1) is 0 Å². The summed E-state index contributed by atoms with van der Waals surface area (Å²) in [5.41, 5.74) is 6.27. The normalized spacial score (nSPS) is 12.5. The lowest BCUT2D eigenvalue weighted by Gasteiger charge is -2.34. The Kier molecular flexibility index (Phi) is 8.69. The molecule has 242 valence electrons. The van der Waals surface area contributed by atoms with Crippen LogP contribution in [-0.2, 0) is 24.5 Å². The molecule has 0 spiro atoms. The van der Waals surface area contributed by atoms with Crippen LogP contribution < -0.4 is 9.47 Å². The number of esters is 2. The van der Waals surface area contributed by atoms with Crippen LogP contribution in [0, 0.1) is 0 Å². The molecule has 0 aromatic heterocycles. The van der Waals surface area contributed by atoms with Gasteiger partial charge in [0.05, 0.1) is 5.41 Å². The second-order valence-corrected chi connectivity index (χ2v) is 11.7. The Morgan fingerprint density at radius 1 is 0.551 bits per heavy atom. The molecule has 0 bridgehead atoms. The van der Waals surface area contributed by atoms with E-state index < -0.39 is 17.4 Å². The SMILES string of the molecule is C=CC(=O)OCCOc1ccc(C2(c3ccc(OCCOC(=O)C=C)cc3)c3cc4ccccc4cc3-c3c2ccc2ccccc32)cc1. The summed E-state index contributed by atoms with van der Waals surface area (Å²) in [6.45, 7) is 7.56. The molecule has 0 unspecified atom stereocenters. The molecule has 0 N–H and O–H groups in total. The van der Waals surface area contributed by atoms with E-state index in [1.54, 1.807) is 0 Å². The van der Waals surface area contributed by atoms with Crippen LogP contribution in [0.15, 0.2) is 147 Å². The Balaban J connectivity index is 1.37. The number of hydrogen-bond donors (Lipinski definition) is 0. The first-order valence-corrected chi connectivity index (χ1v) is 16.1. The summed E-state index contributed by atoms with van der Waals surface area (Å²) in [4.78, 5) is 22.9. The van der Waals surface area contributed by atoms with E-state index in [2.05, 4.69) is 110 Å². The molecule has 1 aliphatic rings. The second kappa shape index (κ2) is 13.5. The van der Waals surface area contributed by atoms with Gasteiger partial charge in [-0.3, -0.25) is 0 Å². The fourth-order valence-corrected chi connectivity index (χ4v) is 6.89. The van der Waals surface area contributed by atoms with Crippen molar-refractivity contribution in [3.05, 3.63) is 169 Å². The van der Waals surface area contributed by atoms with Crippen molar-refractivity contribution in [2.75, 3.05) is 26.4 Å². The van der Waals surface area contributed by atoms with Crippen molar-refractivity contribution in [3.63, 3.8) is 0 Å². The van der Waals surface area contributed by atoms with Gasteiger partial charge in [0.15, 0.2) is 0 Å². The van der Waals surface area contributed by atoms with Crippen molar-refractivity contribution in [3.8, 4) is 22.6 Å². The van der Waals surface area contributed by atoms with Gasteiger partial charge in [-0.05, 0) is 91.3 Å². The lowest BCUT2D eigenvalue weighted by Crippen LogP contribution is -2.28. The van der Waals surface area contributed by atoms with Crippen molar-refractivity contribution < 1.29 is 28.5 Å². The molecule has 0 saturated carbocycles. The van der Waals surface area contributed by atoms with Crippen LogP contribution in [0.1, 0.15) is 22.3 Å². The molecule has 49 heavy (non-hydrogen) atoms. The third-order valence-electron chi connectivity index (χ3n) is 8.99. The summed E-state index contributed by atoms with van der Waals surface area (Å²) in [7, 11) is 0. The monoisotopic (exact) mass is 646 g/mol. The molecule has 6 heteroatoms. The summed E-state index contributed by atoms with van der Waals surface area (Å²) in [6.07, 6.45) is 2.27. The van der Waals surface area contributed by atoms with E-state index in [0.717, 1.165) is 28.7 Å². The zero-order valence-electron chi connectivity index (χ0n) is 26.9. The van der Waals surface area contributed by atoms with E-state index in [4.69, 9.17) is 18.9 Å². The Labute approximate surface area is 284 Å². The van der Waals surface area contributed by atoms with Gasteiger partial charge in [-0.2, -0.15) is 0 Å². The van der Waals surface area contributed by atoms with Crippen LogP contribution >= 0.6 is 0 Å². The van der Waals surface area contributed by atoms with Gasteiger partial charge < -0.3 is 18.9 Å². The third-order valence-corrected chi connectivity index (χ3v) is 8.99.